The predicted molar refractivity (Wildman–Crippen MR) is 115 cm³/mol. The van der Waals surface area contributed by atoms with Crippen LogP contribution in [0, 0.1) is 0 Å². The molecule has 0 fully saturated rings. The number of likely N-dealkylation sites (N-methyl/N-ethyl adjacent to an activating group) is 1. The number of aliphatic hydroxyl groups excluding tert-OH is 1. The van der Waals surface area contributed by atoms with Crippen LogP contribution in [0.2, 0.25) is 0 Å². The van der Waals surface area contributed by atoms with E-state index in [2.05, 4.69) is 17.6 Å². The topological polar surface area (TPSA) is 101 Å². The number of aliphatic carboxylic acids is 1. The number of urea groups is 1. The number of hydrogen-bond donors (Lipinski definition) is 3. The second kappa shape index (κ2) is 16.5. The SMILES string of the molecule is CCCCCCCCCCCCCCNC(=O)N[C@@H](C(=O)[O-])[C@H](O)C[N+](C)(C)C. The van der Waals surface area contributed by atoms with Crippen LogP contribution in [0.5, 0.6) is 0 Å². The lowest BCUT2D eigenvalue weighted by atomic mass is 10.1. The first-order valence-corrected chi connectivity index (χ1v) is 11.4. The molecule has 0 bridgehead atoms. The molecule has 0 saturated carbocycles. The Morgan fingerprint density at radius 1 is 0.862 bits per heavy atom. The highest BCUT2D eigenvalue weighted by Crippen LogP contribution is 2.11. The van der Waals surface area contributed by atoms with Crippen molar-refractivity contribution in [3.05, 3.63) is 0 Å². The van der Waals surface area contributed by atoms with Crippen molar-refractivity contribution >= 4 is 12.0 Å². The van der Waals surface area contributed by atoms with E-state index in [1.54, 1.807) is 0 Å². The van der Waals surface area contributed by atoms with Gasteiger partial charge in [-0.1, -0.05) is 77.6 Å². The number of carboxylic acid groups (broad SMARTS) is 1. The van der Waals surface area contributed by atoms with Crippen LogP contribution < -0.4 is 15.7 Å². The minimum absolute atomic E-state index is 0.192. The first kappa shape index (κ1) is 27.7. The first-order chi connectivity index (χ1) is 13.7. The largest absolute Gasteiger partial charge is 0.548 e. The molecule has 2 amide bonds. The summed E-state index contributed by atoms with van der Waals surface area (Å²) in [4.78, 5) is 23.1. The summed E-state index contributed by atoms with van der Waals surface area (Å²) in [5.74, 6) is -1.48. The summed E-state index contributed by atoms with van der Waals surface area (Å²) in [5, 5.41) is 26.3. The van der Waals surface area contributed by atoms with Crippen molar-refractivity contribution in [3.8, 4) is 0 Å². The molecular formula is C22H45N3O4. The lowest BCUT2D eigenvalue weighted by molar-refractivity contribution is -0.873. The van der Waals surface area contributed by atoms with Crippen molar-refractivity contribution in [3.63, 3.8) is 0 Å². The smallest absolute Gasteiger partial charge is 0.315 e. The van der Waals surface area contributed by atoms with E-state index in [9.17, 15) is 19.8 Å². The summed E-state index contributed by atoms with van der Waals surface area (Å²) in [7, 11) is 5.51. The number of amides is 2. The molecule has 0 aliphatic rings. The van der Waals surface area contributed by atoms with Crippen molar-refractivity contribution in [1.29, 1.82) is 0 Å². The Kier molecular flexibility index (Phi) is 15.7. The van der Waals surface area contributed by atoms with Crippen LogP contribution in [0.4, 0.5) is 4.79 Å². The number of nitrogens with one attached hydrogen (secondary N) is 2. The molecule has 0 unspecified atom stereocenters. The van der Waals surface area contributed by atoms with Gasteiger partial charge in [-0.15, -0.1) is 0 Å². The third-order valence-electron chi connectivity index (χ3n) is 4.98. The van der Waals surface area contributed by atoms with Crippen LogP contribution in [-0.4, -0.2) is 68.0 Å². The molecule has 0 aromatic rings. The number of rotatable bonds is 18. The summed E-state index contributed by atoms with van der Waals surface area (Å²) < 4.78 is 0.382. The van der Waals surface area contributed by atoms with Gasteiger partial charge in [-0.25, -0.2) is 4.79 Å². The second-order valence-electron chi connectivity index (χ2n) is 9.13. The number of aliphatic hydroxyl groups is 1. The maximum atomic E-state index is 11.9. The van der Waals surface area contributed by atoms with Crippen LogP contribution >= 0.6 is 0 Å². The molecule has 2 atom stereocenters. The monoisotopic (exact) mass is 415 g/mol. The summed E-state index contributed by atoms with van der Waals surface area (Å²) in [6.45, 7) is 2.93. The van der Waals surface area contributed by atoms with Crippen LogP contribution in [0.25, 0.3) is 0 Å². The van der Waals surface area contributed by atoms with E-state index in [0.29, 0.717) is 11.0 Å². The summed E-state index contributed by atoms with van der Waals surface area (Å²) in [5.41, 5.74) is 0. The Balaban J connectivity index is 3.73. The average molecular weight is 416 g/mol. The fourth-order valence-electron chi connectivity index (χ4n) is 3.34. The molecule has 0 aliphatic carbocycles. The van der Waals surface area contributed by atoms with Crippen molar-refractivity contribution < 1.29 is 24.3 Å². The minimum Gasteiger partial charge on any atom is -0.548 e. The molecule has 0 aliphatic heterocycles. The van der Waals surface area contributed by atoms with Gasteiger partial charge in [0.1, 0.15) is 18.7 Å². The van der Waals surface area contributed by atoms with Gasteiger partial charge >= 0.3 is 6.03 Å². The molecule has 0 heterocycles. The van der Waals surface area contributed by atoms with E-state index in [0.717, 1.165) is 19.3 Å². The van der Waals surface area contributed by atoms with Gasteiger partial charge in [0.2, 0.25) is 0 Å². The van der Waals surface area contributed by atoms with Crippen LogP contribution in [-0.2, 0) is 4.79 Å². The van der Waals surface area contributed by atoms with Crippen molar-refractivity contribution in [2.75, 3.05) is 34.2 Å². The Bertz CT molecular complexity index is 438. The van der Waals surface area contributed by atoms with Gasteiger partial charge in [-0.3, -0.25) is 0 Å². The zero-order chi connectivity index (χ0) is 22.1. The number of carboxylic acids is 1. The van der Waals surface area contributed by atoms with E-state index in [1.165, 1.54) is 57.8 Å². The highest BCUT2D eigenvalue weighted by Gasteiger charge is 2.27. The Labute approximate surface area is 177 Å². The van der Waals surface area contributed by atoms with E-state index in [1.807, 2.05) is 21.1 Å². The van der Waals surface area contributed by atoms with Gasteiger partial charge in [0, 0.05) is 6.54 Å². The van der Waals surface area contributed by atoms with Crippen molar-refractivity contribution in [2.45, 2.75) is 96.1 Å². The van der Waals surface area contributed by atoms with E-state index in [-0.39, 0.29) is 6.54 Å². The van der Waals surface area contributed by atoms with Crippen LogP contribution in [0.3, 0.4) is 0 Å². The lowest BCUT2D eigenvalue weighted by Crippen LogP contribution is -2.60. The Hall–Kier alpha value is -1.34. The lowest BCUT2D eigenvalue weighted by Gasteiger charge is -2.31. The molecule has 0 rings (SSSR count). The average Bonchev–Trinajstić information content (AvgIpc) is 2.61. The first-order valence-electron chi connectivity index (χ1n) is 11.4. The second-order valence-corrected chi connectivity index (χ2v) is 9.13. The maximum absolute atomic E-state index is 11.9. The molecule has 7 nitrogen and oxygen atoms in total. The number of carbonyl (C=O) groups is 2. The van der Waals surface area contributed by atoms with E-state index >= 15 is 0 Å². The molecule has 0 spiro atoms. The zero-order valence-electron chi connectivity index (χ0n) is 19.2. The molecular weight excluding hydrogens is 370 g/mol. The number of unbranched alkanes of at least 4 members (excludes halogenated alkanes) is 11. The molecule has 0 saturated heterocycles. The van der Waals surface area contributed by atoms with Gasteiger partial charge in [0.15, 0.2) is 0 Å². The summed E-state index contributed by atoms with van der Waals surface area (Å²) in [6, 6.07) is -2.00. The van der Waals surface area contributed by atoms with E-state index in [4.69, 9.17) is 0 Å². The third kappa shape index (κ3) is 17.2. The molecule has 0 radical (unpaired) electrons. The molecule has 29 heavy (non-hydrogen) atoms. The molecule has 7 heteroatoms. The van der Waals surface area contributed by atoms with Crippen molar-refractivity contribution in [2.24, 2.45) is 0 Å². The number of quaternary nitrogens is 1. The quantitative estimate of drug-likeness (QED) is 0.236. The van der Waals surface area contributed by atoms with Gasteiger partial charge in [0.05, 0.1) is 27.1 Å². The summed E-state index contributed by atoms with van der Waals surface area (Å²) in [6.07, 6.45) is 13.8. The van der Waals surface area contributed by atoms with Gasteiger partial charge < -0.3 is 30.1 Å². The number of hydrogen-bond acceptors (Lipinski definition) is 4. The summed E-state index contributed by atoms with van der Waals surface area (Å²) >= 11 is 0. The predicted octanol–water partition coefficient (Wildman–Crippen LogP) is 2.17. The Morgan fingerprint density at radius 2 is 1.31 bits per heavy atom. The maximum Gasteiger partial charge on any atom is 0.315 e. The van der Waals surface area contributed by atoms with Gasteiger partial charge in [-0.05, 0) is 6.42 Å². The van der Waals surface area contributed by atoms with Crippen molar-refractivity contribution in [1.82, 2.24) is 10.6 Å². The highest BCUT2D eigenvalue weighted by molar-refractivity contribution is 5.81. The normalized spacial score (nSPS) is 13.7. The highest BCUT2D eigenvalue weighted by atomic mass is 16.4. The molecule has 3 N–H and O–H groups in total. The zero-order valence-corrected chi connectivity index (χ0v) is 19.2. The molecule has 172 valence electrons. The molecule has 0 aromatic heterocycles. The van der Waals surface area contributed by atoms with Crippen LogP contribution in [0.15, 0.2) is 0 Å². The number of carbonyl (C=O) groups excluding carboxylic acids is 2. The standard InChI is InChI=1S/C22H45N3O4/c1-5-6-7-8-9-10-11-12-13-14-15-16-17-23-22(29)24-20(21(27)28)19(26)18-25(2,3)4/h19-20,26H,5-18H2,1-4H3,(H2-,23,24,27,28,29)/t19-,20-/m1/s1. The van der Waals surface area contributed by atoms with Gasteiger partial charge in [-0.2, -0.15) is 0 Å². The number of nitrogens with zero attached hydrogens (tertiary/aromatic N) is 1. The molecule has 0 aromatic carbocycles. The van der Waals surface area contributed by atoms with Gasteiger partial charge in [0.25, 0.3) is 0 Å². The fourth-order valence-corrected chi connectivity index (χ4v) is 3.34. The third-order valence-corrected chi connectivity index (χ3v) is 4.98. The minimum atomic E-state index is -1.48. The fraction of sp³-hybridized carbons (Fsp3) is 0.909. The van der Waals surface area contributed by atoms with E-state index < -0.39 is 24.1 Å². The van der Waals surface area contributed by atoms with Crippen LogP contribution in [0.1, 0.15) is 84.0 Å². The Morgan fingerprint density at radius 3 is 1.72 bits per heavy atom.